The Kier molecular flexibility index (Phi) is 2.49. The maximum Gasteiger partial charge on any atom is 0.177 e. The van der Waals surface area contributed by atoms with E-state index in [1.807, 2.05) is 24.3 Å². The Morgan fingerprint density at radius 1 is 1.21 bits per heavy atom. The van der Waals surface area contributed by atoms with Crippen LogP contribution in [0.3, 0.4) is 0 Å². The molecule has 0 saturated carbocycles. The number of Topliss-reactive ketones (excluding diaryl/α,β-unsaturated/α-hetero) is 1. The number of nitrogens with zero attached hydrogens (tertiary/aromatic N) is 2. The molecule has 0 fully saturated rings. The molecule has 0 amide bonds. The molecule has 0 bridgehead atoms. The van der Waals surface area contributed by atoms with Crippen LogP contribution in [0.15, 0.2) is 42.6 Å². The standard InChI is InChI=1S/C19H13N3O2/c23-9-11-3-4-15-12(6-11)7-13-16(22-15)8-19(17(13)24)10-21-18-14(19)2-1-5-20-18/h1-7,9H,8,10H2,(H,20,21)/t19-/m1/s1. The summed E-state index contributed by atoms with van der Waals surface area (Å²) in [4.78, 5) is 33.2. The zero-order chi connectivity index (χ0) is 16.3. The van der Waals surface area contributed by atoms with E-state index in [1.165, 1.54) is 0 Å². The van der Waals surface area contributed by atoms with Crippen LogP contribution in [-0.2, 0) is 11.8 Å². The fraction of sp³-hybridized carbons (Fsp3) is 0.158. The van der Waals surface area contributed by atoms with Gasteiger partial charge >= 0.3 is 0 Å². The van der Waals surface area contributed by atoms with Gasteiger partial charge in [-0.3, -0.25) is 14.6 Å². The van der Waals surface area contributed by atoms with Crippen LogP contribution < -0.4 is 5.32 Å². The second-order valence-corrected chi connectivity index (χ2v) is 6.39. The Labute approximate surface area is 137 Å². The Morgan fingerprint density at radius 2 is 2.12 bits per heavy atom. The summed E-state index contributed by atoms with van der Waals surface area (Å²) >= 11 is 0. The highest BCUT2D eigenvalue weighted by atomic mass is 16.1. The molecule has 1 spiro atoms. The van der Waals surface area contributed by atoms with E-state index in [1.54, 1.807) is 18.3 Å². The minimum atomic E-state index is -0.607. The summed E-state index contributed by atoms with van der Waals surface area (Å²) in [5.74, 6) is 0.870. The van der Waals surface area contributed by atoms with E-state index in [2.05, 4.69) is 15.3 Å². The number of benzene rings is 1. The lowest BCUT2D eigenvalue weighted by atomic mass is 9.79. The van der Waals surface area contributed by atoms with E-state index < -0.39 is 5.41 Å². The number of hydrogen-bond donors (Lipinski definition) is 1. The van der Waals surface area contributed by atoms with Crippen LogP contribution in [0.25, 0.3) is 10.9 Å². The SMILES string of the molecule is O=Cc1ccc2nc3c(cc2c1)C(=O)[C@@]1(CNc2ncccc21)C3. The van der Waals surface area contributed by atoms with Gasteiger partial charge in [-0.25, -0.2) is 4.98 Å². The fourth-order valence-corrected chi connectivity index (χ4v) is 3.89. The van der Waals surface area contributed by atoms with E-state index in [0.717, 1.165) is 34.3 Å². The number of ketones is 1. The highest BCUT2D eigenvalue weighted by molar-refractivity contribution is 6.11. The van der Waals surface area contributed by atoms with E-state index in [4.69, 9.17) is 0 Å². The molecule has 1 atom stereocenters. The molecule has 5 nitrogen and oxygen atoms in total. The van der Waals surface area contributed by atoms with Gasteiger partial charge in [0.1, 0.15) is 12.1 Å². The van der Waals surface area contributed by atoms with Crippen molar-refractivity contribution in [1.29, 1.82) is 0 Å². The third kappa shape index (κ3) is 1.58. The van der Waals surface area contributed by atoms with Gasteiger partial charge in [0.05, 0.1) is 16.6 Å². The smallest absolute Gasteiger partial charge is 0.177 e. The van der Waals surface area contributed by atoms with Crippen molar-refractivity contribution in [2.24, 2.45) is 0 Å². The van der Waals surface area contributed by atoms with Crippen LogP contribution in [0.4, 0.5) is 5.82 Å². The third-order valence-electron chi connectivity index (χ3n) is 5.08. The van der Waals surface area contributed by atoms with Crippen molar-refractivity contribution in [3.05, 3.63) is 65.0 Å². The van der Waals surface area contributed by atoms with Crippen LogP contribution in [0.5, 0.6) is 0 Å². The quantitative estimate of drug-likeness (QED) is 0.699. The van der Waals surface area contributed by atoms with Crippen LogP contribution in [0.2, 0.25) is 0 Å². The summed E-state index contributed by atoms with van der Waals surface area (Å²) in [6, 6.07) is 11.1. The van der Waals surface area contributed by atoms with E-state index >= 15 is 0 Å². The second-order valence-electron chi connectivity index (χ2n) is 6.39. The molecule has 1 N–H and O–H groups in total. The molecule has 0 radical (unpaired) electrons. The van der Waals surface area contributed by atoms with Crippen LogP contribution in [0, 0.1) is 0 Å². The summed E-state index contributed by atoms with van der Waals surface area (Å²) < 4.78 is 0. The molecule has 2 aliphatic rings. The first-order valence-corrected chi connectivity index (χ1v) is 7.84. The molecule has 5 heteroatoms. The van der Waals surface area contributed by atoms with E-state index in [9.17, 15) is 9.59 Å². The number of anilines is 1. The maximum atomic E-state index is 13.2. The van der Waals surface area contributed by atoms with Gasteiger partial charge in [0.15, 0.2) is 5.78 Å². The minimum absolute atomic E-state index is 0.0858. The molecular formula is C19H13N3O2. The van der Waals surface area contributed by atoms with Crippen LogP contribution in [-0.4, -0.2) is 28.6 Å². The molecular weight excluding hydrogens is 302 g/mol. The molecule has 0 unspecified atom stereocenters. The van der Waals surface area contributed by atoms with Gasteiger partial charge in [-0.15, -0.1) is 0 Å². The van der Waals surface area contributed by atoms with Gasteiger partial charge in [0, 0.05) is 41.2 Å². The predicted molar refractivity (Wildman–Crippen MR) is 89.6 cm³/mol. The van der Waals surface area contributed by atoms with Gasteiger partial charge in [-0.05, 0) is 30.3 Å². The van der Waals surface area contributed by atoms with Crippen molar-refractivity contribution in [2.45, 2.75) is 11.8 Å². The summed E-state index contributed by atoms with van der Waals surface area (Å²) in [6.07, 6.45) is 3.11. The van der Waals surface area contributed by atoms with Gasteiger partial charge < -0.3 is 5.32 Å². The largest absolute Gasteiger partial charge is 0.368 e. The Bertz CT molecular complexity index is 1040. The molecule has 1 aliphatic carbocycles. The van der Waals surface area contributed by atoms with Gasteiger partial charge in [0.2, 0.25) is 0 Å². The molecule has 1 aliphatic heterocycles. The number of aldehydes is 1. The van der Waals surface area contributed by atoms with E-state index in [0.29, 0.717) is 24.1 Å². The number of nitrogens with one attached hydrogen (secondary N) is 1. The van der Waals surface area contributed by atoms with Gasteiger partial charge in [-0.2, -0.15) is 0 Å². The first-order chi connectivity index (χ1) is 11.7. The van der Waals surface area contributed by atoms with E-state index in [-0.39, 0.29) is 5.78 Å². The number of carbonyl (C=O) groups is 2. The van der Waals surface area contributed by atoms with Crippen molar-refractivity contribution in [2.75, 3.05) is 11.9 Å². The normalized spacial score (nSPS) is 20.9. The average Bonchev–Trinajstić information content (AvgIpc) is 3.12. The number of rotatable bonds is 1. The molecule has 5 rings (SSSR count). The number of hydrogen-bond acceptors (Lipinski definition) is 5. The van der Waals surface area contributed by atoms with Crippen molar-refractivity contribution < 1.29 is 9.59 Å². The Morgan fingerprint density at radius 3 is 3.00 bits per heavy atom. The third-order valence-corrected chi connectivity index (χ3v) is 5.08. The van der Waals surface area contributed by atoms with Crippen LogP contribution in [0.1, 0.15) is 32.0 Å². The topological polar surface area (TPSA) is 72.0 Å². The van der Waals surface area contributed by atoms with Gasteiger partial charge in [-0.1, -0.05) is 6.07 Å². The number of fused-ring (bicyclic) bond motifs is 4. The lowest BCUT2D eigenvalue weighted by molar-refractivity contribution is 0.0916. The monoisotopic (exact) mass is 315 g/mol. The highest BCUT2D eigenvalue weighted by Crippen LogP contribution is 2.45. The van der Waals surface area contributed by atoms with Crippen molar-refractivity contribution in [3.8, 4) is 0 Å². The number of carbonyl (C=O) groups excluding carboxylic acids is 2. The average molecular weight is 315 g/mol. The lowest BCUT2D eigenvalue weighted by Crippen LogP contribution is -2.35. The fourth-order valence-electron chi connectivity index (χ4n) is 3.89. The zero-order valence-corrected chi connectivity index (χ0v) is 12.7. The first-order valence-electron chi connectivity index (χ1n) is 7.84. The van der Waals surface area contributed by atoms with Crippen molar-refractivity contribution >= 4 is 28.8 Å². The predicted octanol–water partition coefficient (Wildman–Crippen LogP) is 2.54. The Balaban J connectivity index is 1.71. The van der Waals surface area contributed by atoms with Crippen molar-refractivity contribution in [1.82, 2.24) is 9.97 Å². The molecule has 3 heterocycles. The highest BCUT2D eigenvalue weighted by Gasteiger charge is 2.51. The van der Waals surface area contributed by atoms with Gasteiger partial charge in [0.25, 0.3) is 0 Å². The molecule has 116 valence electrons. The molecule has 3 aromatic rings. The first kappa shape index (κ1) is 13.4. The lowest BCUT2D eigenvalue weighted by Gasteiger charge is -2.20. The molecule has 24 heavy (non-hydrogen) atoms. The number of pyridine rings is 2. The molecule has 0 saturated heterocycles. The maximum absolute atomic E-state index is 13.2. The zero-order valence-electron chi connectivity index (χ0n) is 12.7. The minimum Gasteiger partial charge on any atom is -0.368 e. The summed E-state index contributed by atoms with van der Waals surface area (Å²) in [5.41, 5.74) is 3.21. The Hall–Kier alpha value is -3.08. The van der Waals surface area contributed by atoms with Crippen molar-refractivity contribution in [3.63, 3.8) is 0 Å². The summed E-state index contributed by atoms with van der Waals surface area (Å²) in [6.45, 7) is 0.546. The summed E-state index contributed by atoms with van der Waals surface area (Å²) in [7, 11) is 0. The van der Waals surface area contributed by atoms with Crippen LogP contribution >= 0.6 is 0 Å². The number of aromatic nitrogens is 2. The summed E-state index contributed by atoms with van der Waals surface area (Å²) in [5, 5.41) is 4.07. The molecule has 1 aromatic carbocycles. The second kappa shape index (κ2) is 4.47. The molecule has 2 aromatic heterocycles.